The minimum Gasteiger partial charge on any atom is -0.391 e. The molecule has 0 saturated carbocycles. The lowest BCUT2D eigenvalue weighted by atomic mass is 10.0. The smallest absolute Gasteiger partial charge is 0.157 e. The first kappa shape index (κ1) is 7.94. The summed E-state index contributed by atoms with van der Waals surface area (Å²) in [6.07, 6.45) is -1.55. The summed E-state index contributed by atoms with van der Waals surface area (Å²) < 4.78 is 4.94. The van der Waals surface area contributed by atoms with Gasteiger partial charge in [-0.2, -0.15) is 0 Å². The number of aliphatic hydroxyl groups excluding tert-OH is 2. The molecule has 4 N–H and O–H groups in total. The van der Waals surface area contributed by atoms with E-state index in [1.807, 2.05) is 0 Å². The number of hydrogen-bond acceptors (Lipinski definition) is 4. The molecule has 0 spiro atoms. The van der Waals surface area contributed by atoms with E-state index in [4.69, 9.17) is 20.7 Å². The minimum atomic E-state index is -0.857. The Morgan fingerprint density at radius 1 is 1.50 bits per heavy atom. The van der Waals surface area contributed by atoms with Crippen molar-refractivity contribution >= 4 is 0 Å². The highest BCUT2D eigenvalue weighted by Gasteiger charge is 2.31. The van der Waals surface area contributed by atoms with Crippen LogP contribution in [0.3, 0.4) is 0 Å². The molecule has 0 aliphatic carbocycles. The monoisotopic (exact) mass is 147 g/mol. The fourth-order valence-corrected chi connectivity index (χ4v) is 1.07. The van der Waals surface area contributed by atoms with Gasteiger partial charge < -0.3 is 20.7 Å². The molecular weight excluding hydrogens is 134 g/mol. The molecule has 0 amide bonds. The highest BCUT2D eigenvalue weighted by Crippen LogP contribution is 2.16. The summed E-state index contributed by atoms with van der Waals surface area (Å²) in [4.78, 5) is 0. The fraction of sp³-hybridized carbons (Fsp3) is 1.00. The summed E-state index contributed by atoms with van der Waals surface area (Å²) in [5.74, 6) is 0. The SMILES string of the molecule is C[C@H]1O[C@H](O)C[C@H](O)[C@H]1N. The number of nitrogens with two attached hydrogens (primary N) is 1. The van der Waals surface area contributed by atoms with Crippen LogP contribution in [0, 0.1) is 0 Å². The molecule has 0 bridgehead atoms. The van der Waals surface area contributed by atoms with E-state index in [0.29, 0.717) is 0 Å². The van der Waals surface area contributed by atoms with E-state index in [9.17, 15) is 0 Å². The molecule has 0 aromatic heterocycles. The Morgan fingerprint density at radius 3 is 2.60 bits per heavy atom. The average Bonchev–Trinajstić information content (AvgIpc) is 1.82. The molecule has 0 radical (unpaired) electrons. The minimum absolute atomic E-state index is 0.214. The highest BCUT2D eigenvalue weighted by atomic mass is 16.6. The van der Waals surface area contributed by atoms with Crippen LogP contribution >= 0.6 is 0 Å². The van der Waals surface area contributed by atoms with Crippen molar-refractivity contribution in [1.29, 1.82) is 0 Å². The third-order valence-corrected chi connectivity index (χ3v) is 1.80. The van der Waals surface area contributed by atoms with E-state index in [0.717, 1.165) is 0 Å². The second-order valence-electron chi connectivity index (χ2n) is 2.68. The normalized spacial score (nSPS) is 49.2. The predicted molar refractivity (Wildman–Crippen MR) is 35.2 cm³/mol. The molecular formula is C6H13NO3. The fourth-order valence-electron chi connectivity index (χ4n) is 1.07. The van der Waals surface area contributed by atoms with Crippen LogP contribution in [0.2, 0.25) is 0 Å². The maximum Gasteiger partial charge on any atom is 0.157 e. The van der Waals surface area contributed by atoms with Crippen LogP contribution in [0.1, 0.15) is 13.3 Å². The summed E-state index contributed by atoms with van der Waals surface area (Å²) in [7, 11) is 0. The maximum absolute atomic E-state index is 9.15. The summed E-state index contributed by atoms with van der Waals surface area (Å²) in [5.41, 5.74) is 5.50. The van der Waals surface area contributed by atoms with Crippen LogP contribution in [-0.4, -0.2) is 34.8 Å². The van der Waals surface area contributed by atoms with Gasteiger partial charge in [0.15, 0.2) is 6.29 Å². The predicted octanol–water partition coefficient (Wildman–Crippen LogP) is -1.20. The van der Waals surface area contributed by atoms with Crippen LogP contribution in [-0.2, 0) is 4.74 Å². The third kappa shape index (κ3) is 1.46. The number of ether oxygens (including phenoxy) is 1. The molecule has 0 unspecified atom stereocenters. The molecule has 4 atom stereocenters. The molecule has 1 rings (SSSR count). The van der Waals surface area contributed by atoms with Gasteiger partial charge >= 0.3 is 0 Å². The Labute approximate surface area is 59.6 Å². The maximum atomic E-state index is 9.15. The Morgan fingerprint density at radius 2 is 2.10 bits per heavy atom. The van der Waals surface area contributed by atoms with Gasteiger partial charge in [0.1, 0.15) is 0 Å². The van der Waals surface area contributed by atoms with Crippen molar-refractivity contribution in [2.75, 3.05) is 0 Å². The molecule has 1 fully saturated rings. The Kier molecular flexibility index (Phi) is 2.25. The molecule has 0 aromatic rings. The second-order valence-corrected chi connectivity index (χ2v) is 2.68. The van der Waals surface area contributed by atoms with Gasteiger partial charge in [0.05, 0.1) is 18.2 Å². The van der Waals surface area contributed by atoms with Gasteiger partial charge in [-0.25, -0.2) is 0 Å². The van der Waals surface area contributed by atoms with Gasteiger partial charge in [-0.15, -0.1) is 0 Å². The van der Waals surface area contributed by atoms with Gasteiger partial charge in [0.25, 0.3) is 0 Å². The van der Waals surface area contributed by atoms with Gasteiger partial charge in [-0.05, 0) is 6.92 Å². The van der Waals surface area contributed by atoms with Crippen molar-refractivity contribution in [2.24, 2.45) is 5.73 Å². The van der Waals surface area contributed by atoms with Crippen molar-refractivity contribution in [3.63, 3.8) is 0 Å². The second kappa shape index (κ2) is 2.84. The zero-order valence-electron chi connectivity index (χ0n) is 5.90. The van der Waals surface area contributed by atoms with E-state index in [2.05, 4.69) is 0 Å². The highest BCUT2D eigenvalue weighted by molar-refractivity contribution is 4.82. The first-order valence-electron chi connectivity index (χ1n) is 3.38. The van der Waals surface area contributed by atoms with E-state index >= 15 is 0 Å². The van der Waals surface area contributed by atoms with Crippen molar-refractivity contribution < 1.29 is 14.9 Å². The Balaban J connectivity index is 2.49. The number of hydrogen-bond donors (Lipinski definition) is 3. The standard InChI is InChI=1S/C6H13NO3/c1-3-6(7)4(8)2-5(9)10-3/h3-6,8-9H,2,7H2,1H3/t3-,4+,5+,6+/m1/s1. The summed E-state index contributed by atoms with van der Waals surface area (Å²) in [6, 6.07) is -0.372. The zero-order valence-corrected chi connectivity index (χ0v) is 5.90. The first-order valence-corrected chi connectivity index (χ1v) is 3.38. The van der Waals surface area contributed by atoms with Gasteiger partial charge in [-0.1, -0.05) is 0 Å². The van der Waals surface area contributed by atoms with Crippen molar-refractivity contribution in [3.05, 3.63) is 0 Å². The van der Waals surface area contributed by atoms with Gasteiger partial charge in [0, 0.05) is 6.42 Å². The molecule has 10 heavy (non-hydrogen) atoms. The quantitative estimate of drug-likeness (QED) is 0.402. The van der Waals surface area contributed by atoms with E-state index in [-0.39, 0.29) is 18.6 Å². The average molecular weight is 147 g/mol. The van der Waals surface area contributed by atoms with E-state index in [1.165, 1.54) is 0 Å². The lowest BCUT2D eigenvalue weighted by Crippen LogP contribution is -2.51. The summed E-state index contributed by atoms with van der Waals surface area (Å²) >= 11 is 0. The van der Waals surface area contributed by atoms with Crippen LogP contribution in [0.4, 0.5) is 0 Å². The third-order valence-electron chi connectivity index (χ3n) is 1.80. The van der Waals surface area contributed by atoms with Crippen LogP contribution in [0.15, 0.2) is 0 Å². The van der Waals surface area contributed by atoms with E-state index < -0.39 is 12.4 Å². The van der Waals surface area contributed by atoms with Crippen molar-refractivity contribution in [1.82, 2.24) is 0 Å². The lowest BCUT2D eigenvalue weighted by molar-refractivity contribution is -0.191. The molecule has 1 saturated heterocycles. The molecule has 1 aliphatic heterocycles. The van der Waals surface area contributed by atoms with Crippen LogP contribution < -0.4 is 5.73 Å². The Hall–Kier alpha value is -0.160. The van der Waals surface area contributed by atoms with Crippen molar-refractivity contribution in [2.45, 2.75) is 37.9 Å². The first-order chi connectivity index (χ1) is 4.61. The van der Waals surface area contributed by atoms with Crippen molar-refractivity contribution in [3.8, 4) is 0 Å². The van der Waals surface area contributed by atoms with Gasteiger partial charge in [-0.3, -0.25) is 0 Å². The lowest BCUT2D eigenvalue weighted by Gasteiger charge is -2.33. The molecule has 60 valence electrons. The zero-order chi connectivity index (χ0) is 7.72. The van der Waals surface area contributed by atoms with Crippen LogP contribution in [0.5, 0.6) is 0 Å². The molecule has 4 nitrogen and oxygen atoms in total. The Bertz CT molecular complexity index is 108. The van der Waals surface area contributed by atoms with Crippen LogP contribution in [0.25, 0.3) is 0 Å². The number of rotatable bonds is 0. The molecule has 0 aromatic carbocycles. The number of aliphatic hydroxyl groups is 2. The largest absolute Gasteiger partial charge is 0.391 e. The summed E-state index contributed by atoms with van der Waals surface area (Å²) in [5, 5.41) is 18.1. The van der Waals surface area contributed by atoms with E-state index in [1.54, 1.807) is 6.92 Å². The molecule has 1 heterocycles. The topological polar surface area (TPSA) is 75.7 Å². The molecule has 4 heteroatoms. The van der Waals surface area contributed by atoms with Gasteiger partial charge in [0.2, 0.25) is 0 Å². The summed E-state index contributed by atoms with van der Waals surface area (Å²) in [6.45, 7) is 1.73. The molecule has 1 aliphatic rings.